The van der Waals surface area contributed by atoms with Crippen molar-refractivity contribution in [1.29, 1.82) is 0 Å². The zero-order chi connectivity index (χ0) is 14.5. The maximum atomic E-state index is 11.8. The maximum absolute atomic E-state index is 11.8. The summed E-state index contributed by atoms with van der Waals surface area (Å²) in [5, 5.41) is 2.67. The monoisotopic (exact) mass is 276 g/mol. The first-order chi connectivity index (χ1) is 9.63. The Morgan fingerprint density at radius 2 is 2.05 bits per heavy atom. The van der Waals surface area contributed by atoms with E-state index in [1.807, 2.05) is 6.07 Å². The number of nitrogens with zero attached hydrogens (tertiary/aromatic N) is 1. The normalized spacial score (nSPS) is 21.7. The summed E-state index contributed by atoms with van der Waals surface area (Å²) < 4.78 is 5.57. The van der Waals surface area contributed by atoms with Gasteiger partial charge in [-0.1, -0.05) is 44.2 Å². The SMILES string of the molecule is CNC(=O)C1CN(C(c2ccccc2)C(C)C)CCO1. The van der Waals surface area contributed by atoms with Gasteiger partial charge in [-0.25, -0.2) is 0 Å². The average Bonchev–Trinajstić information content (AvgIpc) is 2.47. The van der Waals surface area contributed by atoms with Crippen LogP contribution in [0.15, 0.2) is 30.3 Å². The molecule has 1 N–H and O–H groups in total. The third-order valence-corrected chi connectivity index (χ3v) is 3.80. The fourth-order valence-corrected chi connectivity index (χ4v) is 2.91. The molecule has 2 atom stereocenters. The van der Waals surface area contributed by atoms with Crippen molar-refractivity contribution in [3.63, 3.8) is 0 Å². The van der Waals surface area contributed by atoms with Crippen LogP contribution in [0.25, 0.3) is 0 Å². The lowest BCUT2D eigenvalue weighted by molar-refractivity contribution is -0.139. The Morgan fingerprint density at radius 3 is 2.65 bits per heavy atom. The highest BCUT2D eigenvalue weighted by Crippen LogP contribution is 2.29. The van der Waals surface area contributed by atoms with Crippen LogP contribution in [0.5, 0.6) is 0 Å². The van der Waals surface area contributed by atoms with Crippen LogP contribution in [0.1, 0.15) is 25.5 Å². The highest BCUT2D eigenvalue weighted by Gasteiger charge is 2.32. The fourth-order valence-electron chi connectivity index (χ4n) is 2.91. The van der Waals surface area contributed by atoms with Gasteiger partial charge in [0.2, 0.25) is 5.91 Å². The molecule has 110 valence electrons. The van der Waals surface area contributed by atoms with Crippen LogP contribution >= 0.6 is 0 Å². The summed E-state index contributed by atoms with van der Waals surface area (Å²) in [7, 11) is 1.65. The number of rotatable bonds is 4. The molecule has 1 fully saturated rings. The van der Waals surface area contributed by atoms with E-state index in [1.165, 1.54) is 5.56 Å². The van der Waals surface area contributed by atoms with Gasteiger partial charge in [-0.2, -0.15) is 0 Å². The first kappa shape index (κ1) is 15.0. The average molecular weight is 276 g/mol. The molecular weight excluding hydrogens is 252 g/mol. The van der Waals surface area contributed by atoms with E-state index in [2.05, 4.69) is 48.3 Å². The Balaban J connectivity index is 2.16. The Morgan fingerprint density at radius 1 is 1.35 bits per heavy atom. The number of hydrogen-bond acceptors (Lipinski definition) is 3. The van der Waals surface area contributed by atoms with Gasteiger partial charge in [0, 0.05) is 26.2 Å². The first-order valence-corrected chi connectivity index (χ1v) is 7.25. The molecule has 1 aromatic rings. The number of hydrogen-bond donors (Lipinski definition) is 1. The van der Waals surface area contributed by atoms with Crippen molar-refractivity contribution in [3.05, 3.63) is 35.9 Å². The van der Waals surface area contributed by atoms with Gasteiger partial charge in [0.25, 0.3) is 0 Å². The molecule has 0 aromatic heterocycles. The van der Waals surface area contributed by atoms with Crippen LogP contribution in [0.3, 0.4) is 0 Å². The third-order valence-electron chi connectivity index (χ3n) is 3.80. The lowest BCUT2D eigenvalue weighted by Crippen LogP contribution is -2.50. The first-order valence-electron chi connectivity index (χ1n) is 7.25. The smallest absolute Gasteiger partial charge is 0.250 e. The molecule has 1 saturated heterocycles. The summed E-state index contributed by atoms with van der Waals surface area (Å²) in [6, 6.07) is 10.8. The number of amides is 1. The summed E-state index contributed by atoms with van der Waals surface area (Å²) in [5.74, 6) is 0.450. The van der Waals surface area contributed by atoms with Crippen LogP contribution < -0.4 is 5.32 Å². The second kappa shape index (κ2) is 6.86. The topological polar surface area (TPSA) is 41.6 Å². The quantitative estimate of drug-likeness (QED) is 0.912. The van der Waals surface area contributed by atoms with Gasteiger partial charge in [-0.05, 0) is 11.5 Å². The van der Waals surface area contributed by atoms with Gasteiger partial charge < -0.3 is 10.1 Å². The minimum absolute atomic E-state index is 0.0368. The van der Waals surface area contributed by atoms with Crippen molar-refractivity contribution < 1.29 is 9.53 Å². The second-order valence-electron chi connectivity index (χ2n) is 5.57. The number of nitrogens with one attached hydrogen (secondary N) is 1. The van der Waals surface area contributed by atoms with Crippen LogP contribution in [0.2, 0.25) is 0 Å². The lowest BCUT2D eigenvalue weighted by atomic mass is 9.93. The fraction of sp³-hybridized carbons (Fsp3) is 0.562. The Bertz CT molecular complexity index is 433. The number of ether oxygens (including phenoxy) is 1. The molecule has 0 spiro atoms. The van der Waals surface area contributed by atoms with Gasteiger partial charge in [0.05, 0.1) is 6.61 Å². The van der Waals surface area contributed by atoms with Gasteiger partial charge in [0.1, 0.15) is 6.10 Å². The molecule has 4 nitrogen and oxygen atoms in total. The summed E-state index contributed by atoms with van der Waals surface area (Å²) in [4.78, 5) is 14.1. The van der Waals surface area contributed by atoms with Gasteiger partial charge in [-0.15, -0.1) is 0 Å². The van der Waals surface area contributed by atoms with E-state index in [-0.39, 0.29) is 12.0 Å². The van der Waals surface area contributed by atoms with Gasteiger partial charge in [0.15, 0.2) is 0 Å². The third kappa shape index (κ3) is 3.38. The number of morpholine rings is 1. The summed E-state index contributed by atoms with van der Waals surface area (Å²) in [6.45, 7) is 6.57. The number of benzene rings is 1. The summed E-state index contributed by atoms with van der Waals surface area (Å²) in [6.07, 6.45) is -0.362. The summed E-state index contributed by atoms with van der Waals surface area (Å²) >= 11 is 0. The zero-order valence-electron chi connectivity index (χ0n) is 12.5. The highest BCUT2D eigenvalue weighted by atomic mass is 16.5. The van der Waals surface area contributed by atoms with Crippen molar-refractivity contribution in [2.24, 2.45) is 5.92 Å². The minimum Gasteiger partial charge on any atom is -0.366 e. The van der Waals surface area contributed by atoms with E-state index in [9.17, 15) is 4.79 Å². The molecule has 1 aromatic carbocycles. The molecule has 20 heavy (non-hydrogen) atoms. The Kier molecular flexibility index (Phi) is 5.15. The number of likely N-dealkylation sites (N-methyl/N-ethyl adjacent to an activating group) is 1. The molecule has 4 heteroatoms. The van der Waals surface area contributed by atoms with Crippen molar-refractivity contribution in [2.45, 2.75) is 26.0 Å². The van der Waals surface area contributed by atoms with Crippen LogP contribution in [0.4, 0.5) is 0 Å². The van der Waals surface area contributed by atoms with E-state index < -0.39 is 0 Å². The van der Waals surface area contributed by atoms with Crippen LogP contribution in [0, 0.1) is 5.92 Å². The Labute approximate surface area is 121 Å². The number of carbonyl (C=O) groups is 1. The predicted octanol–water partition coefficient (Wildman–Crippen LogP) is 1.83. The molecule has 0 bridgehead atoms. The van der Waals surface area contributed by atoms with Crippen LogP contribution in [-0.4, -0.2) is 43.7 Å². The molecule has 0 radical (unpaired) electrons. The maximum Gasteiger partial charge on any atom is 0.250 e. The molecule has 1 amide bonds. The van der Waals surface area contributed by atoms with Gasteiger partial charge >= 0.3 is 0 Å². The molecule has 0 aliphatic carbocycles. The Hall–Kier alpha value is -1.39. The zero-order valence-corrected chi connectivity index (χ0v) is 12.5. The molecule has 1 aliphatic rings. The van der Waals surface area contributed by atoms with E-state index in [4.69, 9.17) is 4.74 Å². The molecule has 2 rings (SSSR count). The molecule has 1 heterocycles. The van der Waals surface area contributed by atoms with Crippen molar-refractivity contribution in [1.82, 2.24) is 10.2 Å². The molecular formula is C16H24N2O2. The molecule has 1 aliphatic heterocycles. The lowest BCUT2D eigenvalue weighted by Gasteiger charge is -2.39. The summed E-state index contributed by atoms with van der Waals surface area (Å²) in [5.41, 5.74) is 1.31. The molecule has 0 saturated carbocycles. The van der Waals surface area contributed by atoms with E-state index >= 15 is 0 Å². The predicted molar refractivity (Wildman–Crippen MR) is 79.4 cm³/mol. The number of carbonyl (C=O) groups excluding carboxylic acids is 1. The van der Waals surface area contributed by atoms with E-state index in [0.29, 0.717) is 25.1 Å². The minimum atomic E-state index is -0.362. The largest absolute Gasteiger partial charge is 0.366 e. The standard InChI is InChI=1S/C16H24N2O2/c1-12(2)15(13-7-5-4-6-8-13)18-9-10-20-14(11-18)16(19)17-3/h4-8,12,14-15H,9-11H2,1-3H3,(H,17,19). The van der Waals surface area contributed by atoms with E-state index in [0.717, 1.165) is 6.54 Å². The molecule has 2 unspecified atom stereocenters. The van der Waals surface area contributed by atoms with Crippen LogP contribution in [-0.2, 0) is 9.53 Å². The second-order valence-corrected chi connectivity index (χ2v) is 5.57. The van der Waals surface area contributed by atoms with Crippen molar-refractivity contribution >= 4 is 5.91 Å². The van der Waals surface area contributed by atoms with E-state index in [1.54, 1.807) is 7.05 Å². The highest BCUT2D eigenvalue weighted by molar-refractivity contribution is 5.80. The van der Waals surface area contributed by atoms with Crippen molar-refractivity contribution in [2.75, 3.05) is 26.7 Å². The van der Waals surface area contributed by atoms with Gasteiger partial charge in [-0.3, -0.25) is 9.69 Å². The van der Waals surface area contributed by atoms with Crippen molar-refractivity contribution in [3.8, 4) is 0 Å².